The minimum Gasteiger partial charge on any atom is -0.482 e. The Balaban J connectivity index is 2.93. The smallest absolute Gasteiger partial charge is 0.269 e. The molecule has 3 N–H and O–H groups in total. The van der Waals surface area contributed by atoms with Gasteiger partial charge in [0.2, 0.25) is 0 Å². The molecule has 6 heteroatoms. The molecule has 0 aliphatic rings. The number of nitrogens with one attached hydrogen (secondary N) is 1. The predicted molar refractivity (Wildman–Crippen MR) is 64.5 cm³/mol. The van der Waals surface area contributed by atoms with E-state index >= 15 is 0 Å². The van der Waals surface area contributed by atoms with E-state index in [9.17, 15) is 10.1 Å². The number of aryl methyl sites for hydroxylation is 1. The molecule has 0 heterocycles. The molecule has 0 aliphatic heterocycles. The Bertz CT molecular complexity index is 446. The summed E-state index contributed by atoms with van der Waals surface area (Å²) in [6.07, 6.45) is 0.0846. The zero-order chi connectivity index (χ0) is 13.0. The van der Waals surface area contributed by atoms with Gasteiger partial charge in [-0.15, -0.1) is 0 Å². The third kappa shape index (κ3) is 3.17. The van der Waals surface area contributed by atoms with E-state index in [1.54, 1.807) is 6.92 Å². The summed E-state index contributed by atoms with van der Waals surface area (Å²) in [4.78, 5) is 10.1. The summed E-state index contributed by atoms with van der Waals surface area (Å²) in [5.41, 5.74) is 6.04. The number of nitro groups is 1. The van der Waals surface area contributed by atoms with Crippen LogP contribution >= 0.6 is 0 Å². The molecule has 17 heavy (non-hydrogen) atoms. The van der Waals surface area contributed by atoms with Crippen LogP contribution in [0.4, 0.5) is 5.69 Å². The largest absolute Gasteiger partial charge is 0.482 e. The van der Waals surface area contributed by atoms with Crippen molar-refractivity contribution >= 4 is 11.5 Å². The fourth-order valence-corrected chi connectivity index (χ4v) is 1.40. The van der Waals surface area contributed by atoms with Gasteiger partial charge in [0.1, 0.15) is 11.6 Å². The van der Waals surface area contributed by atoms with E-state index in [2.05, 4.69) is 0 Å². The number of hydrogen-bond acceptors (Lipinski definition) is 4. The van der Waals surface area contributed by atoms with E-state index in [0.717, 1.165) is 0 Å². The zero-order valence-corrected chi connectivity index (χ0v) is 9.77. The zero-order valence-electron chi connectivity index (χ0n) is 9.77. The van der Waals surface area contributed by atoms with Gasteiger partial charge in [0, 0.05) is 12.1 Å². The second-order valence-corrected chi connectivity index (χ2v) is 3.68. The fourth-order valence-electron chi connectivity index (χ4n) is 1.40. The third-order valence-corrected chi connectivity index (χ3v) is 2.36. The molecule has 92 valence electrons. The summed E-state index contributed by atoms with van der Waals surface area (Å²) in [7, 11) is 0. The molecular formula is C11H15N3O3. The van der Waals surface area contributed by atoms with Crippen LogP contribution in [-0.4, -0.2) is 16.9 Å². The van der Waals surface area contributed by atoms with E-state index in [-0.39, 0.29) is 11.5 Å². The van der Waals surface area contributed by atoms with Crippen LogP contribution in [0.2, 0.25) is 0 Å². The number of nitrogens with two attached hydrogens (primary N) is 1. The SMILES string of the molecule is CCC(Oc1ccc([N+](=O)[O-])cc1C)C(=N)N. The Morgan fingerprint density at radius 3 is 2.71 bits per heavy atom. The van der Waals surface area contributed by atoms with Crippen LogP contribution in [0.25, 0.3) is 0 Å². The highest BCUT2D eigenvalue weighted by molar-refractivity contribution is 5.82. The first-order chi connectivity index (χ1) is 7.95. The highest BCUT2D eigenvalue weighted by Gasteiger charge is 2.14. The van der Waals surface area contributed by atoms with Crippen molar-refractivity contribution in [2.45, 2.75) is 26.4 Å². The normalized spacial score (nSPS) is 11.9. The molecule has 0 radical (unpaired) electrons. The number of ether oxygens (including phenoxy) is 1. The average molecular weight is 237 g/mol. The van der Waals surface area contributed by atoms with Crippen LogP contribution in [0.15, 0.2) is 18.2 Å². The monoisotopic (exact) mass is 237 g/mol. The second-order valence-electron chi connectivity index (χ2n) is 3.68. The Morgan fingerprint density at radius 2 is 2.29 bits per heavy atom. The molecule has 6 nitrogen and oxygen atoms in total. The lowest BCUT2D eigenvalue weighted by Crippen LogP contribution is -2.32. The van der Waals surface area contributed by atoms with Gasteiger partial charge in [-0.1, -0.05) is 6.92 Å². The molecule has 0 aromatic heterocycles. The van der Waals surface area contributed by atoms with E-state index in [0.29, 0.717) is 17.7 Å². The van der Waals surface area contributed by atoms with Crippen molar-refractivity contribution in [3.8, 4) is 5.75 Å². The molecule has 0 saturated carbocycles. The molecule has 1 aromatic rings. The standard InChI is InChI=1S/C11H15N3O3/c1-3-9(11(12)13)17-10-5-4-8(14(15)16)6-7(10)2/h4-6,9H,3H2,1-2H3,(H3,12,13). The van der Waals surface area contributed by atoms with Crippen LogP contribution < -0.4 is 10.5 Å². The molecule has 0 spiro atoms. The van der Waals surface area contributed by atoms with E-state index in [1.165, 1.54) is 18.2 Å². The van der Waals surface area contributed by atoms with Crippen LogP contribution in [0.1, 0.15) is 18.9 Å². The molecule has 0 amide bonds. The fraction of sp³-hybridized carbons (Fsp3) is 0.364. The summed E-state index contributed by atoms with van der Waals surface area (Å²) in [5.74, 6) is 0.461. The molecule has 1 rings (SSSR count). The Kier molecular flexibility index (Phi) is 4.03. The first-order valence-electron chi connectivity index (χ1n) is 5.21. The number of benzene rings is 1. The number of nitro benzene ring substituents is 1. The number of amidine groups is 1. The molecular weight excluding hydrogens is 222 g/mol. The van der Waals surface area contributed by atoms with Crippen LogP contribution in [0.5, 0.6) is 5.75 Å². The minimum atomic E-state index is -0.491. The third-order valence-electron chi connectivity index (χ3n) is 2.36. The summed E-state index contributed by atoms with van der Waals surface area (Å²) >= 11 is 0. The number of rotatable bonds is 5. The molecule has 1 unspecified atom stereocenters. The lowest BCUT2D eigenvalue weighted by atomic mass is 10.2. The topological polar surface area (TPSA) is 102 Å². The van der Waals surface area contributed by atoms with Crippen molar-refractivity contribution in [1.29, 1.82) is 5.41 Å². The van der Waals surface area contributed by atoms with Crippen LogP contribution in [-0.2, 0) is 0 Å². The summed E-state index contributed by atoms with van der Waals surface area (Å²) in [6, 6.07) is 4.33. The predicted octanol–water partition coefficient (Wildman–Crippen LogP) is 2.00. The molecule has 0 saturated heterocycles. The Labute approximate surface area is 99.0 Å². The molecule has 0 fully saturated rings. The van der Waals surface area contributed by atoms with Crippen molar-refractivity contribution in [2.24, 2.45) is 5.73 Å². The summed E-state index contributed by atoms with van der Waals surface area (Å²) < 4.78 is 5.52. The number of hydrogen-bond donors (Lipinski definition) is 2. The van der Waals surface area contributed by atoms with Crippen molar-refractivity contribution in [2.75, 3.05) is 0 Å². The maximum absolute atomic E-state index is 10.6. The quantitative estimate of drug-likeness (QED) is 0.354. The van der Waals surface area contributed by atoms with Crippen molar-refractivity contribution in [3.63, 3.8) is 0 Å². The number of non-ortho nitro benzene ring substituents is 1. The van der Waals surface area contributed by atoms with Gasteiger partial charge in [-0.25, -0.2) is 0 Å². The summed E-state index contributed by atoms with van der Waals surface area (Å²) in [5, 5.41) is 17.9. The first-order valence-corrected chi connectivity index (χ1v) is 5.21. The average Bonchev–Trinajstić information content (AvgIpc) is 2.26. The van der Waals surface area contributed by atoms with Gasteiger partial charge in [-0.05, 0) is 25.0 Å². The number of nitrogens with zero attached hydrogens (tertiary/aromatic N) is 1. The molecule has 0 aliphatic carbocycles. The van der Waals surface area contributed by atoms with Gasteiger partial charge >= 0.3 is 0 Å². The van der Waals surface area contributed by atoms with Gasteiger partial charge in [-0.3, -0.25) is 15.5 Å². The van der Waals surface area contributed by atoms with Gasteiger partial charge in [-0.2, -0.15) is 0 Å². The maximum atomic E-state index is 10.6. The lowest BCUT2D eigenvalue weighted by Gasteiger charge is -2.17. The van der Waals surface area contributed by atoms with E-state index in [1.807, 2.05) is 6.92 Å². The molecule has 1 atom stereocenters. The van der Waals surface area contributed by atoms with E-state index < -0.39 is 11.0 Å². The molecule has 1 aromatic carbocycles. The highest BCUT2D eigenvalue weighted by Crippen LogP contribution is 2.24. The van der Waals surface area contributed by atoms with Crippen LogP contribution in [0, 0.1) is 22.4 Å². The van der Waals surface area contributed by atoms with Crippen molar-refractivity contribution in [3.05, 3.63) is 33.9 Å². The first kappa shape index (κ1) is 13.0. The van der Waals surface area contributed by atoms with Gasteiger partial charge in [0.25, 0.3) is 5.69 Å². The van der Waals surface area contributed by atoms with Crippen molar-refractivity contribution in [1.82, 2.24) is 0 Å². The van der Waals surface area contributed by atoms with Crippen LogP contribution in [0.3, 0.4) is 0 Å². The van der Waals surface area contributed by atoms with Gasteiger partial charge in [0.15, 0.2) is 6.10 Å². The van der Waals surface area contributed by atoms with Crippen molar-refractivity contribution < 1.29 is 9.66 Å². The summed E-state index contributed by atoms with van der Waals surface area (Å²) in [6.45, 7) is 3.57. The lowest BCUT2D eigenvalue weighted by molar-refractivity contribution is -0.384. The highest BCUT2D eigenvalue weighted by atomic mass is 16.6. The van der Waals surface area contributed by atoms with Gasteiger partial charge in [0.05, 0.1) is 4.92 Å². The minimum absolute atomic E-state index is 0.0192. The Morgan fingerprint density at radius 1 is 1.65 bits per heavy atom. The Hall–Kier alpha value is -2.11. The molecule has 0 bridgehead atoms. The second kappa shape index (κ2) is 5.29. The van der Waals surface area contributed by atoms with Gasteiger partial charge < -0.3 is 10.5 Å². The van der Waals surface area contributed by atoms with E-state index in [4.69, 9.17) is 15.9 Å². The maximum Gasteiger partial charge on any atom is 0.269 e.